The largest absolute Gasteiger partial charge is 0.507 e. The van der Waals surface area contributed by atoms with Gasteiger partial charge in [-0.05, 0) is 45.4 Å². The number of allylic oxidation sites excluding steroid dienone is 3. The zero-order chi connectivity index (χ0) is 21.2. The number of aromatic hydroxyl groups is 2. The molecule has 6 heteroatoms. The van der Waals surface area contributed by atoms with Crippen LogP contribution in [-0.4, -0.2) is 27.7 Å². The van der Waals surface area contributed by atoms with E-state index in [1.54, 1.807) is 13.8 Å². The van der Waals surface area contributed by atoms with Crippen molar-refractivity contribution in [1.29, 1.82) is 0 Å². The number of carbonyl (C=O) groups is 3. The van der Waals surface area contributed by atoms with Crippen LogP contribution in [0.3, 0.4) is 0 Å². The van der Waals surface area contributed by atoms with Gasteiger partial charge in [0.05, 0.1) is 17.0 Å². The Morgan fingerprint density at radius 3 is 2.29 bits per heavy atom. The molecule has 0 heterocycles. The van der Waals surface area contributed by atoms with Gasteiger partial charge in [-0.15, -0.1) is 0 Å². The maximum Gasteiger partial charge on any atom is 0.309 e. The summed E-state index contributed by atoms with van der Waals surface area (Å²) >= 11 is 0. The average Bonchev–Trinajstić information content (AvgIpc) is 2.63. The van der Waals surface area contributed by atoms with Gasteiger partial charge in [0.1, 0.15) is 17.1 Å². The Hall–Kier alpha value is -2.89. The van der Waals surface area contributed by atoms with Crippen molar-refractivity contribution in [3.05, 3.63) is 46.6 Å². The highest BCUT2D eigenvalue weighted by atomic mass is 16.6. The summed E-state index contributed by atoms with van der Waals surface area (Å²) in [7, 11) is 0. The van der Waals surface area contributed by atoms with Gasteiger partial charge in [-0.1, -0.05) is 25.5 Å². The molecule has 0 saturated heterocycles. The lowest BCUT2D eigenvalue weighted by atomic mass is 9.83. The number of rotatable bonds is 6. The summed E-state index contributed by atoms with van der Waals surface area (Å²) in [5.41, 5.74) is -0.799. The molecular formula is C22H26O6. The molecule has 0 amide bonds. The first-order chi connectivity index (χ1) is 13.0. The lowest BCUT2D eigenvalue weighted by Gasteiger charge is -2.32. The molecule has 150 valence electrons. The molecule has 0 fully saturated rings. The third-order valence-electron chi connectivity index (χ3n) is 4.97. The number of fused-ring (bicyclic) bond motifs is 1. The Morgan fingerprint density at radius 2 is 1.75 bits per heavy atom. The lowest BCUT2D eigenvalue weighted by molar-refractivity contribution is -0.163. The minimum atomic E-state index is -1.33. The molecule has 1 aromatic rings. The molecule has 1 aliphatic carbocycles. The van der Waals surface area contributed by atoms with Crippen molar-refractivity contribution in [2.24, 2.45) is 5.92 Å². The second kappa shape index (κ2) is 8.00. The van der Waals surface area contributed by atoms with Crippen LogP contribution >= 0.6 is 0 Å². The van der Waals surface area contributed by atoms with E-state index in [2.05, 4.69) is 0 Å². The van der Waals surface area contributed by atoms with E-state index in [-0.39, 0.29) is 29.0 Å². The van der Waals surface area contributed by atoms with Crippen LogP contribution in [0.1, 0.15) is 73.7 Å². The topological polar surface area (TPSA) is 101 Å². The van der Waals surface area contributed by atoms with Gasteiger partial charge in [0.15, 0.2) is 11.6 Å². The number of carbonyl (C=O) groups excluding carboxylic acids is 3. The van der Waals surface area contributed by atoms with Gasteiger partial charge in [0.2, 0.25) is 0 Å². The smallest absolute Gasteiger partial charge is 0.309 e. The van der Waals surface area contributed by atoms with Crippen LogP contribution in [-0.2, 0) is 15.1 Å². The quantitative estimate of drug-likeness (QED) is 0.432. The molecule has 2 atom stereocenters. The molecule has 1 aliphatic rings. The summed E-state index contributed by atoms with van der Waals surface area (Å²) in [6.45, 7) is 8.97. The van der Waals surface area contributed by atoms with Gasteiger partial charge in [-0.2, -0.15) is 0 Å². The molecule has 2 rings (SSSR count). The zero-order valence-corrected chi connectivity index (χ0v) is 16.8. The highest BCUT2D eigenvalue weighted by Gasteiger charge is 2.38. The molecule has 6 nitrogen and oxygen atoms in total. The summed E-state index contributed by atoms with van der Waals surface area (Å²) in [4.78, 5) is 36.9. The van der Waals surface area contributed by atoms with E-state index in [0.717, 1.165) is 17.7 Å². The van der Waals surface area contributed by atoms with Crippen molar-refractivity contribution >= 4 is 17.5 Å². The first-order valence-corrected chi connectivity index (χ1v) is 9.24. The third-order valence-corrected chi connectivity index (χ3v) is 4.97. The third kappa shape index (κ3) is 4.01. The molecule has 28 heavy (non-hydrogen) atoms. The van der Waals surface area contributed by atoms with Gasteiger partial charge in [0.25, 0.3) is 0 Å². The molecule has 0 radical (unpaired) electrons. The van der Waals surface area contributed by atoms with Gasteiger partial charge in [0, 0.05) is 12.0 Å². The van der Waals surface area contributed by atoms with E-state index in [9.17, 15) is 24.6 Å². The number of hydrogen-bond acceptors (Lipinski definition) is 6. The van der Waals surface area contributed by atoms with Gasteiger partial charge >= 0.3 is 5.97 Å². The monoisotopic (exact) mass is 386 g/mol. The van der Waals surface area contributed by atoms with Crippen molar-refractivity contribution in [3.8, 4) is 11.5 Å². The van der Waals surface area contributed by atoms with Gasteiger partial charge in [-0.3, -0.25) is 14.4 Å². The number of phenols is 2. The standard InChI is InChI=1S/C22H26O6/c1-6-13(4)21(27)28-22(5,10-9-12(2)3)14-11-17(25)18-15(23)7-8-16(24)19(18)20(14)26/h7-9,11,13,25-26H,6,10H2,1-5H3/t13?,22-/m1/s1. The lowest BCUT2D eigenvalue weighted by Crippen LogP contribution is -2.32. The van der Waals surface area contributed by atoms with Crippen LogP contribution in [0.5, 0.6) is 11.5 Å². The average molecular weight is 386 g/mol. The van der Waals surface area contributed by atoms with Crippen LogP contribution in [0.4, 0.5) is 0 Å². The fourth-order valence-electron chi connectivity index (χ4n) is 2.96. The van der Waals surface area contributed by atoms with E-state index in [4.69, 9.17) is 4.74 Å². The SMILES string of the molecule is CCC(C)C(=O)O[C@](C)(CC=C(C)C)c1cc(O)c2c(c1O)C(=O)C=CC2=O. The number of benzene rings is 1. The zero-order valence-electron chi connectivity index (χ0n) is 16.8. The predicted octanol–water partition coefficient (Wildman–Crippen LogP) is 4.19. The normalized spacial score (nSPS) is 16.2. The molecule has 2 N–H and O–H groups in total. The van der Waals surface area contributed by atoms with Crippen LogP contribution in [0, 0.1) is 5.92 Å². The Kier molecular flexibility index (Phi) is 6.12. The Bertz CT molecular complexity index is 889. The molecule has 0 aromatic heterocycles. The highest BCUT2D eigenvalue weighted by molar-refractivity contribution is 6.24. The first-order valence-electron chi connectivity index (χ1n) is 9.24. The van der Waals surface area contributed by atoms with Crippen molar-refractivity contribution in [3.63, 3.8) is 0 Å². The number of phenolic OH excluding ortho intramolecular Hbond substituents is 2. The van der Waals surface area contributed by atoms with E-state index in [1.807, 2.05) is 26.8 Å². The summed E-state index contributed by atoms with van der Waals surface area (Å²) in [6.07, 6.45) is 4.74. The summed E-state index contributed by atoms with van der Waals surface area (Å²) in [5.74, 6) is -2.87. The second-order valence-electron chi connectivity index (χ2n) is 7.55. The molecule has 0 aliphatic heterocycles. The molecular weight excluding hydrogens is 360 g/mol. The van der Waals surface area contributed by atoms with Crippen molar-refractivity contribution < 1.29 is 29.3 Å². The van der Waals surface area contributed by atoms with E-state index in [0.29, 0.717) is 6.42 Å². The molecule has 1 aromatic carbocycles. The number of ketones is 2. The summed E-state index contributed by atoms with van der Waals surface area (Å²) < 4.78 is 5.75. The minimum Gasteiger partial charge on any atom is -0.507 e. The predicted molar refractivity (Wildman–Crippen MR) is 105 cm³/mol. The van der Waals surface area contributed by atoms with Crippen molar-refractivity contribution in [2.75, 3.05) is 0 Å². The minimum absolute atomic E-state index is 0.0781. The van der Waals surface area contributed by atoms with Crippen LogP contribution in [0.25, 0.3) is 0 Å². The molecule has 0 bridgehead atoms. The fraction of sp³-hybridized carbons (Fsp3) is 0.409. The Morgan fingerprint density at radius 1 is 1.18 bits per heavy atom. The van der Waals surface area contributed by atoms with Crippen molar-refractivity contribution in [1.82, 2.24) is 0 Å². The number of esters is 1. The summed E-state index contributed by atoms with van der Waals surface area (Å²) in [6, 6.07) is 1.20. The van der Waals surface area contributed by atoms with Gasteiger partial charge < -0.3 is 14.9 Å². The molecule has 0 spiro atoms. The van der Waals surface area contributed by atoms with Crippen LogP contribution in [0.15, 0.2) is 29.9 Å². The maximum atomic E-state index is 12.5. The van der Waals surface area contributed by atoms with Crippen LogP contribution < -0.4 is 0 Å². The Labute approximate surface area is 164 Å². The Balaban J connectivity index is 2.67. The van der Waals surface area contributed by atoms with Gasteiger partial charge in [-0.25, -0.2) is 0 Å². The molecule has 0 saturated carbocycles. The molecule has 1 unspecified atom stereocenters. The van der Waals surface area contributed by atoms with E-state index >= 15 is 0 Å². The second-order valence-corrected chi connectivity index (χ2v) is 7.55. The maximum absolute atomic E-state index is 12.5. The van der Waals surface area contributed by atoms with E-state index < -0.39 is 34.6 Å². The number of hydrogen-bond donors (Lipinski definition) is 2. The van der Waals surface area contributed by atoms with Crippen molar-refractivity contribution in [2.45, 2.75) is 53.1 Å². The fourth-order valence-corrected chi connectivity index (χ4v) is 2.96. The summed E-state index contributed by atoms with van der Waals surface area (Å²) in [5, 5.41) is 21.2. The van der Waals surface area contributed by atoms with E-state index in [1.165, 1.54) is 6.07 Å². The highest BCUT2D eigenvalue weighted by Crippen LogP contribution is 2.44. The first kappa shape index (κ1) is 21.4. The van der Waals surface area contributed by atoms with Crippen LogP contribution in [0.2, 0.25) is 0 Å². The number of ether oxygens (including phenoxy) is 1.